The van der Waals surface area contributed by atoms with Crippen molar-refractivity contribution in [2.45, 2.75) is 31.4 Å². The summed E-state index contributed by atoms with van der Waals surface area (Å²) in [6.45, 7) is 0.684. The zero-order valence-corrected chi connectivity index (χ0v) is 11.1. The third-order valence-corrected chi connectivity index (χ3v) is 3.95. The Balaban J connectivity index is 1.66. The Morgan fingerprint density at radius 3 is 2.95 bits per heavy atom. The highest BCUT2D eigenvalue weighted by Crippen LogP contribution is 2.29. The fourth-order valence-electron chi connectivity index (χ4n) is 2.82. The number of allylic oxidation sites excluding steroid dienone is 2. The van der Waals surface area contributed by atoms with Crippen molar-refractivity contribution in [1.29, 1.82) is 0 Å². The van der Waals surface area contributed by atoms with Crippen LogP contribution in [0.15, 0.2) is 24.4 Å². The molecule has 1 N–H and O–H groups in total. The van der Waals surface area contributed by atoms with Crippen molar-refractivity contribution in [3.8, 4) is 0 Å². The molecule has 102 valence electrons. The van der Waals surface area contributed by atoms with Crippen LogP contribution in [-0.4, -0.2) is 28.3 Å². The molecule has 1 aliphatic heterocycles. The third kappa shape index (κ3) is 2.42. The standard InChI is InChI=1S/C14H19N3O2/c1-17-12(6-8-15-17)13-11(7-9-19-13)16-14(18)10-4-2-3-5-10/h2-3,6,8,10-11,13H,4-5,7,9H2,1H3,(H,16,18)/t11-,13-/m0/s1. The van der Waals surface area contributed by atoms with Crippen LogP contribution in [-0.2, 0) is 16.6 Å². The lowest BCUT2D eigenvalue weighted by Crippen LogP contribution is -2.40. The molecule has 0 saturated carbocycles. The number of carbonyl (C=O) groups is 1. The Labute approximate surface area is 112 Å². The van der Waals surface area contributed by atoms with Crippen molar-refractivity contribution in [1.82, 2.24) is 15.1 Å². The van der Waals surface area contributed by atoms with Gasteiger partial charge in [-0.2, -0.15) is 5.10 Å². The minimum absolute atomic E-state index is 0.0588. The quantitative estimate of drug-likeness (QED) is 0.835. The number of amides is 1. The molecule has 1 aliphatic carbocycles. The van der Waals surface area contributed by atoms with Crippen molar-refractivity contribution < 1.29 is 9.53 Å². The van der Waals surface area contributed by atoms with Gasteiger partial charge in [0.25, 0.3) is 0 Å². The van der Waals surface area contributed by atoms with Crippen LogP contribution in [0, 0.1) is 5.92 Å². The molecule has 0 bridgehead atoms. The zero-order valence-electron chi connectivity index (χ0n) is 11.1. The summed E-state index contributed by atoms with van der Waals surface area (Å²) in [4.78, 5) is 12.2. The Bertz CT molecular complexity index is 487. The average molecular weight is 261 g/mol. The Kier molecular flexibility index (Phi) is 3.38. The van der Waals surface area contributed by atoms with Gasteiger partial charge in [-0.05, 0) is 25.3 Å². The maximum atomic E-state index is 12.2. The lowest BCUT2D eigenvalue weighted by atomic mass is 10.0. The molecule has 5 heteroatoms. The van der Waals surface area contributed by atoms with Gasteiger partial charge in [-0.15, -0.1) is 0 Å². The van der Waals surface area contributed by atoms with Crippen LogP contribution in [0.5, 0.6) is 0 Å². The van der Waals surface area contributed by atoms with Crippen molar-refractivity contribution in [3.05, 3.63) is 30.1 Å². The van der Waals surface area contributed by atoms with E-state index in [1.54, 1.807) is 6.20 Å². The summed E-state index contributed by atoms with van der Waals surface area (Å²) in [5, 5.41) is 7.31. The van der Waals surface area contributed by atoms with Gasteiger partial charge in [0.1, 0.15) is 6.10 Å². The van der Waals surface area contributed by atoms with E-state index in [2.05, 4.69) is 22.6 Å². The average Bonchev–Trinajstić information content (AvgIpc) is 3.09. The van der Waals surface area contributed by atoms with Gasteiger partial charge in [0.05, 0.1) is 11.7 Å². The number of hydrogen-bond donors (Lipinski definition) is 1. The zero-order chi connectivity index (χ0) is 13.2. The first kappa shape index (κ1) is 12.4. The van der Waals surface area contributed by atoms with Crippen LogP contribution >= 0.6 is 0 Å². The van der Waals surface area contributed by atoms with E-state index in [-0.39, 0.29) is 24.0 Å². The second kappa shape index (κ2) is 5.17. The van der Waals surface area contributed by atoms with Crippen LogP contribution < -0.4 is 5.32 Å². The normalized spacial score (nSPS) is 27.0. The van der Waals surface area contributed by atoms with Gasteiger partial charge in [0.15, 0.2) is 0 Å². The molecule has 0 spiro atoms. The summed E-state index contributed by atoms with van der Waals surface area (Å²) >= 11 is 0. The molecule has 1 fully saturated rings. The minimum Gasteiger partial charge on any atom is -0.370 e. The molecule has 2 aliphatic rings. The van der Waals surface area contributed by atoms with Crippen LogP contribution in [0.3, 0.4) is 0 Å². The van der Waals surface area contributed by atoms with E-state index in [9.17, 15) is 4.79 Å². The second-order valence-electron chi connectivity index (χ2n) is 5.21. The van der Waals surface area contributed by atoms with Gasteiger partial charge >= 0.3 is 0 Å². The van der Waals surface area contributed by atoms with Crippen molar-refractivity contribution >= 4 is 5.91 Å². The molecule has 0 aromatic carbocycles. The number of aromatic nitrogens is 2. The van der Waals surface area contributed by atoms with Gasteiger partial charge in [-0.3, -0.25) is 9.48 Å². The summed E-state index contributed by atoms with van der Waals surface area (Å²) in [6, 6.07) is 2.01. The SMILES string of the molecule is Cn1nccc1[C@H]1OCC[C@@H]1NC(=O)C1CC=CC1. The second-order valence-corrected chi connectivity index (χ2v) is 5.21. The van der Waals surface area contributed by atoms with E-state index in [4.69, 9.17) is 4.74 Å². The smallest absolute Gasteiger partial charge is 0.224 e. The maximum absolute atomic E-state index is 12.2. The highest BCUT2D eigenvalue weighted by atomic mass is 16.5. The van der Waals surface area contributed by atoms with Gasteiger partial charge in [0, 0.05) is 25.8 Å². The van der Waals surface area contributed by atoms with E-state index < -0.39 is 0 Å². The molecule has 3 rings (SSSR count). The molecule has 2 heterocycles. The molecule has 5 nitrogen and oxygen atoms in total. The van der Waals surface area contributed by atoms with Crippen molar-refractivity contribution in [3.63, 3.8) is 0 Å². The largest absolute Gasteiger partial charge is 0.370 e. The molecule has 19 heavy (non-hydrogen) atoms. The topological polar surface area (TPSA) is 56.1 Å². The van der Waals surface area contributed by atoms with Gasteiger partial charge in [-0.1, -0.05) is 12.2 Å². The first-order valence-electron chi connectivity index (χ1n) is 6.80. The first-order valence-corrected chi connectivity index (χ1v) is 6.80. The number of carbonyl (C=O) groups excluding carboxylic acids is 1. The van der Waals surface area contributed by atoms with Crippen LogP contribution in [0.4, 0.5) is 0 Å². The molecule has 1 aromatic heterocycles. The van der Waals surface area contributed by atoms with Gasteiger partial charge < -0.3 is 10.1 Å². The molecular formula is C14H19N3O2. The molecule has 1 saturated heterocycles. The molecule has 0 unspecified atom stereocenters. The summed E-state index contributed by atoms with van der Waals surface area (Å²) < 4.78 is 7.57. The Morgan fingerprint density at radius 1 is 1.47 bits per heavy atom. The lowest BCUT2D eigenvalue weighted by Gasteiger charge is -2.21. The van der Waals surface area contributed by atoms with E-state index in [1.165, 1.54) is 0 Å². The number of rotatable bonds is 3. The third-order valence-electron chi connectivity index (χ3n) is 3.95. The van der Waals surface area contributed by atoms with Crippen LogP contribution in [0.1, 0.15) is 31.1 Å². The molecule has 2 atom stereocenters. The van der Waals surface area contributed by atoms with E-state index in [0.29, 0.717) is 6.61 Å². The molecular weight excluding hydrogens is 242 g/mol. The first-order chi connectivity index (χ1) is 9.25. The minimum atomic E-state index is -0.0780. The Morgan fingerprint density at radius 2 is 2.26 bits per heavy atom. The fourth-order valence-corrected chi connectivity index (χ4v) is 2.82. The summed E-state index contributed by atoms with van der Waals surface area (Å²) in [6.07, 6.45) is 8.41. The highest BCUT2D eigenvalue weighted by Gasteiger charge is 2.34. The van der Waals surface area contributed by atoms with E-state index >= 15 is 0 Å². The molecule has 1 amide bonds. The number of ether oxygens (including phenoxy) is 1. The number of nitrogens with one attached hydrogen (secondary N) is 1. The monoisotopic (exact) mass is 261 g/mol. The molecule has 1 aromatic rings. The van der Waals surface area contributed by atoms with Crippen molar-refractivity contribution in [2.75, 3.05) is 6.61 Å². The predicted molar refractivity (Wildman–Crippen MR) is 70.3 cm³/mol. The van der Waals surface area contributed by atoms with Crippen LogP contribution in [0.2, 0.25) is 0 Å². The fraction of sp³-hybridized carbons (Fsp3) is 0.571. The number of hydrogen-bond acceptors (Lipinski definition) is 3. The van der Waals surface area contributed by atoms with Gasteiger partial charge in [0.2, 0.25) is 5.91 Å². The highest BCUT2D eigenvalue weighted by molar-refractivity contribution is 5.79. The van der Waals surface area contributed by atoms with Gasteiger partial charge in [-0.25, -0.2) is 0 Å². The van der Waals surface area contributed by atoms with Crippen LogP contribution in [0.25, 0.3) is 0 Å². The van der Waals surface area contributed by atoms with E-state index in [0.717, 1.165) is 25.0 Å². The summed E-state index contributed by atoms with van der Waals surface area (Å²) in [5.74, 6) is 0.250. The summed E-state index contributed by atoms with van der Waals surface area (Å²) in [5.41, 5.74) is 1.02. The lowest BCUT2D eigenvalue weighted by molar-refractivity contribution is -0.125. The summed E-state index contributed by atoms with van der Waals surface area (Å²) in [7, 11) is 1.90. The van der Waals surface area contributed by atoms with Crippen molar-refractivity contribution in [2.24, 2.45) is 13.0 Å². The predicted octanol–water partition coefficient (Wildman–Crippen LogP) is 1.33. The number of nitrogens with zero attached hydrogens (tertiary/aromatic N) is 2. The maximum Gasteiger partial charge on any atom is 0.224 e. The van der Waals surface area contributed by atoms with E-state index in [1.807, 2.05) is 17.8 Å². The Hall–Kier alpha value is -1.62. The molecule has 0 radical (unpaired) electrons. The number of aryl methyl sites for hydroxylation is 1.